The lowest BCUT2D eigenvalue weighted by molar-refractivity contribution is -0.394. The number of halogens is 8. The molecule has 0 radical (unpaired) electrons. The number of benzene rings is 1. The quantitative estimate of drug-likeness (QED) is 0.538. The molecule has 1 aromatic rings. The van der Waals surface area contributed by atoms with E-state index in [2.05, 4.69) is 0 Å². The van der Waals surface area contributed by atoms with E-state index in [1.54, 1.807) is 0 Å². The summed E-state index contributed by atoms with van der Waals surface area (Å²) >= 11 is 0. The van der Waals surface area contributed by atoms with Gasteiger partial charge in [-0.2, -0.15) is 26.3 Å². The Balaban J connectivity index is 2.32. The summed E-state index contributed by atoms with van der Waals surface area (Å²) in [5, 5.41) is 9.77. The molecule has 158 valence electrons. The maximum absolute atomic E-state index is 15.5. The molecule has 10 heteroatoms. The zero-order valence-corrected chi connectivity index (χ0v) is 14.5. The molecule has 3 rings (SSSR count). The van der Waals surface area contributed by atoms with E-state index in [0.717, 1.165) is 0 Å². The lowest BCUT2D eigenvalue weighted by atomic mass is 9.62. The summed E-state index contributed by atoms with van der Waals surface area (Å²) in [4.78, 5) is 11.6. The molecule has 1 aromatic carbocycles. The van der Waals surface area contributed by atoms with E-state index in [9.17, 15) is 40.6 Å². The normalized spacial score (nSPS) is 26.4. The Labute approximate surface area is 159 Å². The van der Waals surface area contributed by atoms with Gasteiger partial charge >= 0.3 is 12.4 Å². The second-order valence-corrected chi connectivity index (χ2v) is 7.08. The van der Waals surface area contributed by atoms with Crippen LogP contribution >= 0.6 is 0 Å². The van der Waals surface area contributed by atoms with Gasteiger partial charge in [-0.1, -0.05) is 30.3 Å². The molecule has 2 aliphatic carbocycles. The van der Waals surface area contributed by atoms with Crippen molar-refractivity contribution in [2.75, 3.05) is 0 Å². The first-order valence-electron chi connectivity index (χ1n) is 8.46. The van der Waals surface area contributed by atoms with Gasteiger partial charge in [-0.25, -0.2) is 8.78 Å². The van der Waals surface area contributed by atoms with Crippen molar-refractivity contribution >= 4 is 11.9 Å². The molecule has 2 atom stereocenters. The van der Waals surface area contributed by atoms with E-state index < -0.39 is 58.7 Å². The topological polar surface area (TPSA) is 37.3 Å². The molecule has 29 heavy (non-hydrogen) atoms. The molecule has 0 saturated heterocycles. The van der Waals surface area contributed by atoms with Gasteiger partial charge in [0, 0.05) is 5.57 Å². The number of carbonyl (C=O) groups excluding carboxylic acids is 1. The zero-order valence-electron chi connectivity index (χ0n) is 14.5. The first kappa shape index (κ1) is 21.5. The van der Waals surface area contributed by atoms with Crippen LogP contribution in [0.25, 0.3) is 5.57 Å². The van der Waals surface area contributed by atoms with Crippen molar-refractivity contribution in [1.29, 1.82) is 0 Å². The second-order valence-electron chi connectivity index (χ2n) is 7.08. The van der Waals surface area contributed by atoms with Crippen LogP contribution in [0.2, 0.25) is 0 Å². The number of carbonyl (C=O) groups is 1. The van der Waals surface area contributed by atoms with Crippen molar-refractivity contribution in [2.24, 2.45) is 11.3 Å². The van der Waals surface area contributed by atoms with Crippen LogP contribution in [-0.4, -0.2) is 35.5 Å². The molecule has 0 spiro atoms. The first-order chi connectivity index (χ1) is 13.3. The fraction of sp³-hybridized carbons (Fsp3) is 0.421. The third kappa shape index (κ3) is 2.99. The molecule has 1 saturated carbocycles. The molecular formula is C19H14F8O2. The van der Waals surface area contributed by atoms with Crippen molar-refractivity contribution in [3.63, 3.8) is 0 Å². The molecule has 0 amide bonds. The van der Waals surface area contributed by atoms with Gasteiger partial charge in [0.25, 0.3) is 5.60 Å². The highest BCUT2D eigenvalue weighted by Gasteiger charge is 2.82. The van der Waals surface area contributed by atoms with Gasteiger partial charge in [-0.05, 0) is 36.0 Å². The number of rotatable bonds is 4. The Morgan fingerprint density at radius 1 is 1.00 bits per heavy atom. The maximum Gasteiger partial charge on any atom is 0.427 e. The SMILES string of the molecule is O=CC1(C(O)(C(F)(F)F)C(F)(F)F)C=C(F)C(c2ccccc2)=C(C2CC2)C1F. The average Bonchev–Trinajstić information content (AvgIpc) is 3.46. The fourth-order valence-corrected chi connectivity index (χ4v) is 3.71. The maximum atomic E-state index is 15.5. The second kappa shape index (κ2) is 6.65. The van der Waals surface area contributed by atoms with Crippen LogP contribution in [0.4, 0.5) is 35.1 Å². The van der Waals surface area contributed by atoms with E-state index in [0.29, 0.717) is 0 Å². The Bertz CT molecular complexity index is 850. The van der Waals surface area contributed by atoms with Crippen molar-refractivity contribution in [2.45, 2.75) is 37.0 Å². The molecule has 2 aliphatic rings. The third-order valence-electron chi connectivity index (χ3n) is 5.31. The number of hydrogen-bond donors (Lipinski definition) is 1. The smallest absolute Gasteiger partial charge is 0.373 e. The number of aliphatic hydroxyl groups is 1. The summed E-state index contributed by atoms with van der Waals surface area (Å²) in [7, 11) is 0. The minimum Gasteiger partial charge on any atom is -0.373 e. The molecule has 2 nitrogen and oxygen atoms in total. The van der Waals surface area contributed by atoms with Crippen LogP contribution in [-0.2, 0) is 4.79 Å². The molecule has 0 bridgehead atoms. The summed E-state index contributed by atoms with van der Waals surface area (Å²) in [6.45, 7) is 0. The van der Waals surface area contributed by atoms with Gasteiger partial charge in [0.1, 0.15) is 23.7 Å². The first-order valence-corrected chi connectivity index (χ1v) is 8.46. The van der Waals surface area contributed by atoms with Crippen LogP contribution in [0.15, 0.2) is 47.8 Å². The number of hydrogen-bond acceptors (Lipinski definition) is 2. The molecule has 0 heterocycles. The summed E-state index contributed by atoms with van der Waals surface area (Å²) in [5.41, 5.74) is -11.2. The van der Waals surface area contributed by atoms with Crippen LogP contribution in [0.3, 0.4) is 0 Å². The molecule has 0 aromatic heterocycles. The van der Waals surface area contributed by atoms with Crippen molar-refractivity contribution in [3.8, 4) is 0 Å². The molecule has 1 fully saturated rings. The molecule has 1 N–H and O–H groups in total. The zero-order chi connectivity index (χ0) is 21.8. The minimum absolute atomic E-state index is 0.0351. The number of alkyl halides is 7. The monoisotopic (exact) mass is 426 g/mol. The van der Waals surface area contributed by atoms with Gasteiger partial charge in [0.15, 0.2) is 0 Å². The van der Waals surface area contributed by atoms with E-state index in [4.69, 9.17) is 0 Å². The van der Waals surface area contributed by atoms with Crippen molar-refractivity contribution < 1.29 is 45.0 Å². The lowest BCUT2D eigenvalue weighted by Crippen LogP contribution is -2.70. The summed E-state index contributed by atoms with van der Waals surface area (Å²) in [6.07, 6.45) is -17.2. The molecule has 2 unspecified atom stereocenters. The van der Waals surface area contributed by atoms with Crippen molar-refractivity contribution in [3.05, 3.63) is 53.4 Å². The van der Waals surface area contributed by atoms with Gasteiger partial charge < -0.3 is 9.90 Å². The highest BCUT2D eigenvalue weighted by molar-refractivity contribution is 5.86. The third-order valence-corrected chi connectivity index (χ3v) is 5.31. The largest absolute Gasteiger partial charge is 0.427 e. The number of allylic oxidation sites excluding steroid dienone is 3. The van der Waals surface area contributed by atoms with Crippen LogP contribution < -0.4 is 0 Å². The summed E-state index contributed by atoms with van der Waals surface area (Å²) < 4.78 is 111. The van der Waals surface area contributed by atoms with Crippen molar-refractivity contribution in [1.82, 2.24) is 0 Å². The van der Waals surface area contributed by atoms with Crippen LogP contribution in [0.1, 0.15) is 18.4 Å². The average molecular weight is 426 g/mol. The van der Waals surface area contributed by atoms with E-state index in [-0.39, 0.29) is 24.5 Å². The summed E-state index contributed by atoms with van der Waals surface area (Å²) in [6, 6.07) is 7.00. The van der Waals surface area contributed by atoms with Gasteiger partial charge in [-0.15, -0.1) is 0 Å². The highest BCUT2D eigenvalue weighted by atomic mass is 19.4. The Morgan fingerprint density at radius 2 is 1.52 bits per heavy atom. The van der Waals surface area contributed by atoms with E-state index >= 15 is 4.39 Å². The number of aldehydes is 1. The Kier molecular flexibility index (Phi) is 4.92. The van der Waals surface area contributed by atoms with Gasteiger partial charge in [0.05, 0.1) is 0 Å². The minimum atomic E-state index is -6.51. The Morgan fingerprint density at radius 3 is 1.93 bits per heavy atom. The van der Waals surface area contributed by atoms with Gasteiger partial charge in [0.2, 0.25) is 0 Å². The van der Waals surface area contributed by atoms with Crippen LogP contribution in [0, 0.1) is 11.3 Å². The predicted octanol–water partition coefficient (Wildman–Crippen LogP) is 5.10. The van der Waals surface area contributed by atoms with E-state index in [1.807, 2.05) is 0 Å². The summed E-state index contributed by atoms with van der Waals surface area (Å²) in [5.74, 6) is -2.48. The fourth-order valence-electron chi connectivity index (χ4n) is 3.71. The lowest BCUT2D eigenvalue weighted by Gasteiger charge is -2.47. The van der Waals surface area contributed by atoms with Crippen LogP contribution in [0.5, 0.6) is 0 Å². The Hall–Kier alpha value is -2.23. The highest BCUT2D eigenvalue weighted by Crippen LogP contribution is 2.61. The standard InChI is InChI=1S/C19H14F8O2/c20-12-8-16(9-28,17(29,18(22,23)24)19(25,26)27)15(21)14(11-6-7-11)13(12)10-4-2-1-3-5-10/h1-5,8-9,11,15,29H,6-7H2. The van der Waals surface area contributed by atoms with E-state index in [1.165, 1.54) is 30.3 Å². The molecule has 0 aliphatic heterocycles. The van der Waals surface area contributed by atoms with Gasteiger partial charge in [-0.3, -0.25) is 0 Å². The predicted molar refractivity (Wildman–Crippen MR) is 85.7 cm³/mol. The molecular weight excluding hydrogens is 412 g/mol.